The summed E-state index contributed by atoms with van der Waals surface area (Å²) in [7, 11) is -3.85. The maximum absolute atomic E-state index is 12.4. The van der Waals surface area contributed by atoms with Gasteiger partial charge in [0.25, 0.3) is 0 Å². The molecule has 7 heteroatoms. The first-order valence-electron chi connectivity index (χ1n) is 6.18. The molecule has 0 spiro atoms. The first-order chi connectivity index (χ1) is 10.3. The maximum atomic E-state index is 12.4. The SMILES string of the molecule is O=C(O)c1ccc(CS(=O)(=O)c2ccccc2C(=O)O)cc1. The van der Waals surface area contributed by atoms with Gasteiger partial charge < -0.3 is 10.2 Å². The summed E-state index contributed by atoms with van der Waals surface area (Å²) in [4.78, 5) is 21.6. The number of carboxylic acid groups (broad SMARTS) is 2. The Balaban J connectivity index is 2.36. The Kier molecular flexibility index (Phi) is 4.27. The average molecular weight is 320 g/mol. The minimum absolute atomic E-state index is 0.0482. The van der Waals surface area contributed by atoms with E-state index in [1.165, 1.54) is 48.5 Å². The Morgan fingerprint density at radius 2 is 1.45 bits per heavy atom. The second-order valence-electron chi connectivity index (χ2n) is 4.56. The van der Waals surface area contributed by atoms with Crippen molar-refractivity contribution in [1.29, 1.82) is 0 Å². The van der Waals surface area contributed by atoms with Crippen LogP contribution in [0.25, 0.3) is 0 Å². The number of benzene rings is 2. The van der Waals surface area contributed by atoms with Crippen LogP contribution < -0.4 is 0 Å². The summed E-state index contributed by atoms with van der Waals surface area (Å²) in [5.41, 5.74) is 0.141. The summed E-state index contributed by atoms with van der Waals surface area (Å²) in [5.74, 6) is -2.83. The molecular formula is C15H12O6S. The van der Waals surface area contributed by atoms with E-state index in [-0.39, 0.29) is 16.0 Å². The van der Waals surface area contributed by atoms with Crippen molar-refractivity contribution in [2.24, 2.45) is 0 Å². The van der Waals surface area contributed by atoms with Gasteiger partial charge in [0.15, 0.2) is 9.84 Å². The van der Waals surface area contributed by atoms with Crippen LogP contribution in [0.5, 0.6) is 0 Å². The molecule has 0 unspecified atom stereocenters. The summed E-state index contributed by atoms with van der Waals surface area (Å²) in [6.07, 6.45) is 0. The Morgan fingerprint density at radius 1 is 0.864 bits per heavy atom. The standard InChI is InChI=1S/C15H12O6S/c16-14(17)11-7-5-10(6-8-11)9-22(20,21)13-4-2-1-3-12(13)15(18)19/h1-8H,9H2,(H,16,17)(H,18,19). The summed E-state index contributed by atoms with van der Waals surface area (Å²) >= 11 is 0. The predicted molar refractivity (Wildman–Crippen MR) is 77.7 cm³/mol. The second kappa shape index (κ2) is 5.98. The fourth-order valence-electron chi connectivity index (χ4n) is 1.96. The molecule has 2 rings (SSSR count). The fourth-order valence-corrected chi connectivity index (χ4v) is 3.52. The highest BCUT2D eigenvalue weighted by molar-refractivity contribution is 7.90. The summed E-state index contributed by atoms with van der Waals surface area (Å²) in [5, 5.41) is 17.9. The van der Waals surface area contributed by atoms with E-state index in [0.29, 0.717) is 5.56 Å². The van der Waals surface area contributed by atoms with E-state index < -0.39 is 27.5 Å². The van der Waals surface area contributed by atoms with Gasteiger partial charge in [0.1, 0.15) is 0 Å². The Labute approximate surface area is 126 Å². The first-order valence-corrected chi connectivity index (χ1v) is 7.84. The lowest BCUT2D eigenvalue weighted by molar-refractivity contribution is 0.0684. The number of carboxylic acids is 2. The largest absolute Gasteiger partial charge is 0.478 e. The number of sulfone groups is 1. The van der Waals surface area contributed by atoms with Crippen LogP contribution in [0, 0.1) is 0 Å². The van der Waals surface area contributed by atoms with Gasteiger partial charge in [0, 0.05) is 0 Å². The van der Waals surface area contributed by atoms with Gasteiger partial charge in [-0.15, -0.1) is 0 Å². The van der Waals surface area contributed by atoms with Gasteiger partial charge in [0.05, 0.1) is 21.8 Å². The van der Waals surface area contributed by atoms with Gasteiger partial charge in [0.2, 0.25) is 0 Å². The van der Waals surface area contributed by atoms with Crippen LogP contribution in [-0.4, -0.2) is 30.6 Å². The number of hydrogen-bond acceptors (Lipinski definition) is 4. The highest BCUT2D eigenvalue weighted by Gasteiger charge is 2.22. The summed E-state index contributed by atoms with van der Waals surface area (Å²) in [6.45, 7) is 0. The molecule has 0 atom stereocenters. The number of aromatic carboxylic acids is 2. The molecule has 0 radical (unpaired) electrons. The molecule has 2 aromatic rings. The van der Waals surface area contributed by atoms with E-state index in [1.54, 1.807) is 0 Å². The Hall–Kier alpha value is -2.67. The van der Waals surface area contributed by atoms with Crippen molar-refractivity contribution in [3.8, 4) is 0 Å². The van der Waals surface area contributed by atoms with E-state index in [2.05, 4.69) is 0 Å². The molecule has 0 saturated heterocycles. The Bertz CT molecular complexity index is 821. The molecule has 114 valence electrons. The average Bonchev–Trinajstić information content (AvgIpc) is 2.47. The molecule has 0 saturated carbocycles. The van der Waals surface area contributed by atoms with Crippen molar-refractivity contribution in [3.63, 3.8) is 0 Å². The molecule has 0 aliphatic heterocycles. The van der Waals surface area contributed by atoms with Crippen LogP contribution >= 0.6 is 0 Å². The molecule has 0 aliphatic rings. The van der Waals surface area contributed by atoms with Crippen LogP contribution in [0.3, 0.4) is 0 Å². The van der Waals surface area contributed by atoms with Gasteiger partial charge in [-0.1, -0.05) is 24.3 Å². The number of hydrogen-bond donors (Lipinski definition) is 2. The molecule has 0 aromatic heterocycles. The zero-order chi connectivity index (χ0) is 16.3. The normalized spacial score (nSPS) is 11.1. The van der Waals surface area contributed by atoms with Gasteiger partial charge in [-0.25, -0.2) is 18.0 Å². The highest BCUT2D eigenvalue weighted by atomic mass is 32.2. The van der Waals surface area contributed by atoms with Crippen molar-refractivity contribution in [2.75, 3.05) is 0 Å². The second-order valence-corrected chi connectivity index (χ2v) is 6.52. The van der Waals surface area contributed by atoms with Crippen molar-refractivity contribution >= 4 is 21.8 Å². The molecular weight excluding hydrogens is 308 g/mol. The van der Waals surface area contributed by atoms with Crippen molar-refractivity contribution in [2.45, 2.75) is 10.6 Å². The molecule has 0 heterocycles. The first kappa shape index (κ1) is 15.7. The van der Waals surface area contributed by atoms with E-state index in [0.717, 1.165) is 0 Å². The zero-order valence-corrected chi connectivity index (χ0v) is 12.1. The minimum atomic E-state index is -3.85. The van der Waals surface area contributed by atoms with Crippen LogP contribution in [0.2, 0.25) is 0 Å². The van der Waals surface area contributed by atoms with E-state index in [4.69, 9.17) is 10.2 Å². The fraction of sp³-hybridized carbons (Fsp3) is 0.0667. The number of carbonyl (C=O) groups is 2. The molecule has 2 aromatic carbocycles. The van der Waals surface area contributed by atoms with Gasteiger partial charge in [-0.2, -0.15) is 0 Å². The van der Waals surface area contributed by atoms with Gasteiger partial charge >= 0.3 is 11.9 Å². The number of rotatable bonds is 5. The monoisotopic (exact) mass is 320 g/mol. The maximum Gasteiger partial charge on any atom is 0.337 e. The molecule has 0 aliphatic carbocycles. The van der Waals surface area contributed by atoms with Crippen LogP contribution in [0.4, 0.5) is 0 Å². The topological polar surface area (TPSA) is 109 Å². The third-order valence-corrected chi connectivity index (χ3v) is 4.75. The van der Waals surface area contributed by atoms with Gasteiger partial charge in [-0.3, -0.25) is 0 Å². The molecule has 0 amide bonds. The van der Waals surface area contributed by atoms with E-state index in [9.17, 15) is 18.0 Å². The summed E-state index contributed by atoms with van der Waals surface area (Å²) < 4.78 is 24.7. The van der Waals surface area contributed by atoms with Crippen LogP contribution in [0.1, 0.15) is 26.3 Å². The third kappa shape index (κ3) is 3.32. The lowest BCUT2D eigenvalue weighted by atomic mass is 10.1. The molecule has 0 bridgehead atoms. The Morgan fingerprint density at radius 3 is 2.00 bits per heavy atom. The zero-order valence-electron chi connectivity index (χ0n) is 11.3. The van der Waals surface area contributed by atoms with E-state index >= 15 is 0 Å². The van der Waals surface area contributed by atoms with Crippen molar-refractivity contribution in [1.82, 2.24) is 0 Å². The highest BCUT2D eigenvalue weighted by Crippen LogP contribution is 2.21. The molecule has 6 nitrogen and oxygen atoms in total. The minimum Gasteiger partial charge on any atom is -0.478 e. The molecule has 2 N–H and O–H groups in total. The van der Waals surface area contributed by atoms with Crippen LogP contribution in [-0.2, 0) is 15.6 Å². The lowest BCUT2D eigenvalue weighted by Crippen LogP contribution is -2.11. The lowest BCUT2D eigenvalue weighted by Gasteiger charge is -2.08. The van der Waals surface area contributed by atoms with Gasteiger partial charge in [-0.05, 0) is 29.8 Å². The van der Waals surface area contributed by atoms with Crippen molar-refractivity contribution < 1.29 is 28.2 Å². The summed E-state index contributed by atoms with van der Waals surface area (Å²) in [6, 6.07) is 10.8. The molecule has 0 fully saturated rings. The van der Waals surface area contributed by atoms with E-state index in [1.807, 2.05) is 0 Å². The quantitative estimate of drug-likeness (QED) is 0.873. The molecule has 22 heavy (non-hydrogen) atoms. The smallest absolute Gasteiger partial charge is 0.337 e. The van der Waals surface area contributed by atoms with Crippen LogP contribution in [0.15, 0.2) is 53.4 Å². The third-order valence-electron chi connectivity index (χ3n) is 3.01. The van der Waals surface area contributed by atoms with Crippen molar-refractivity contribution in [3.05, 3.63) is 65.2 Å². The predicted octanol–water partition coefficient (Wildman–Crippen LogP) is 2.06.